The molecule has 26 heavy (non-hydrogen) atoms. The largest absolute Gasteiger partial charge is 0.324 e. The van der Waals surface area contributed by atoms with E-state index in [4.69, 9.17) is 0 Å². The number of anilines is 2. The fraction of sp³-hybridized carbons (Fsp3) is 0.333. The van der Waals surface area contributed by atoms with Crippen LogP contribution in [0.4, 0.5) is 16.2 Å². The molecule has 2 N–H and O–H groups in total. The van der Waals surface area contributed by atoms with Crippen LogP contribution in [-0.4, -0.2) is 29.4 Å². The van der Waals surface area contributed by atoms with Crippen LogP contribution in [0, 0.1) is 6.92 Å². The summed E-state index contributed by atoms with van der Waals surface area (Å²) in [7, 11) is 0. The summed E-state index contributed by atoms with van der Waals surface area (Å²) in [6, 6.07) is 14.8. The highest BCUT2D eigenvalue weighted by Gasteiger charge is 2.34. The number of benzene rings is 2. The molecule has 2 aromatic carbocycles. The number of amides is 3. The number of rotatable bonds is 4. The molecular formula is C21H25N3O2. The van der Waals surface area contributed by atoms with Gasteiger partial charge in [0.15, 0.2) is 0 Å². The van der Waals surface area contributed by atoms with Gasteiger partial charge in [-0.15, -0.1) is 0 Å². The van der Waals surface area contributed by atoms with Crippen molar-refractivity contribution in [3.05, 3.63) is 59.7 Å². The van der Waals surface area contributed by atoms with Gasteiger partial charge in [0, 0.05) is 17.9 Å². The molecule has 5 nitrogen and oxygen atoms in total. The molecule has 0 radical (unpaired) electrons. The minimum Gasteiger partial charge on any atom is -0.324 e. The monoisotopic (exact) mass is 351 g/mol. The first-order chi connectivity index (χ1) is 12.6. The maximum absolute atomic E-state index is 12.8. The Kier molecular flexibility index (Phi) is 5.56. The average Bonchev–Trinajstić information content (AvgIpc) is 3.14. The van der Waals surface area contributed by atoms with Crippen molar-refractivity contribution in [3.8, 4) is 0 Å². The first-order valence-corrected chi connectivity index (χ1v) is 9.11. The first kappa shape index (κ1) is 18.0. The number of likely N-dealkylation sites (tertiary alicyclic amines) is 1. The molecule has 1 aliphatic heterocycles. The molecule has 5 heteroatoms. The smallest absolute Gasteiger partial charge is 0.322 e. The van der Waals surface area contributed by atoms with Gasteiger partial charge in [-0.1, -0.05) is 42.8 Å². The third-order valence-corrected chi connectivity index (χ3v) is 4.78. The van der Waals surface area contributed by atoms with E-state index in [0.29, 0.717) is 13.0 Å². The lowest BCUT2D eigenvalue weighted by Crippen LogP contribution is -2.45. The third-order valence-electron chi connectivity index (χ3n) is 4.78. The predicted molar refractivity (Wildman–Crippen MR) is 104 cm³/mol. The van der Waals surface area contributed by atoms with E-state index in [1.54, 1.807) is 4.90 Å². The van der Waals surface area contributed by atoms with Gasteiger partial charge < -0.3 is 15.5 Å². The first-order valence-electron chi connectivity index (χ1n) is 9.11. The molecular weight excluding hydrogens is 326 g/mol. The van der Waals surface area contributed by atoms with Gasteiger partial charge in [-0.2, -0.15) is 0 Å². The molecule has 0 aliphatic carbocycles. The van der Waals surface area contributed by atoms with Crippen LogP contribution in [0.2, 0.25) is 0 Å². The Bertz CT molecular complexity index is 786. The number of para-hydroxylation sites is 1. The summed E-state index contributed by atoms with van der Waals surface area (Å²) in [6.45, 7) is 4.65. The van der Waals surface area contributed by atoms with Gasteiger partial charge in [-0.25, -0.2) is 4.79 Å². The normalized spacial score (nSPS) is 16.4. The van der Waals surface area contributed by atoms with Gasteiger partial charge in [-0.05, 0) is 49.9 Å². The van der Waals surface area contributed by atoms with Crippen LogP contribution in [-0.2, 0) is 11.2 Å². The molecule has 0 bridgehead atoms. The van der Waals surface area contributed by atoms with Gasteiger partial charge >= 0.3 is 6.03 Å². The molecule has 3 rings (SSSR count). The molecule has 0 unspecified atom stereocenters. The zero-order valence-electron chi connectivity index (χ0n) is 15.3. The molecule has 0 spiro atoms. The topological polar surface area (TPSA) is 61.4 Å². The molecule has 1 heterocycles. The highest BCUT2D eigenvalue weighted by atomic mass is 16.2. The second-order valence-corrected chi connectivity index (χ2v) is 6.65. The van der Waals surface area contributed by atoms with Gasteiger partial charge in [-0.3, -0.25) is 4.79 Å². The fourth-order valence-corrected chi connectivity index (χ4v) is 3.28. The van der Waals surface area contributed by atoms with E-state index in [1.807, 2.05) is 55.5 Å². The maximum Gasteiger partial charge on any atom is 0.322 e. The van der Waals surface area contributed by atoms with E-state index in [1.165, 1.54) is 0 Å². The summed E-state index contributed by atoms with van der Waals surface area (Å²) < 4.78 is 0. The zero-order valence-corrected chi connectivity index (χ0v) is 15.3. The Morgan fingerprint density at radius 3 is 2.54 bits per heavy atom. The lowest BCUT2D eigenvalue weighted by molar-refractivity contribution is -0.119. The molecule has 3 amide bonds. The SMILES string of the molecule is CCc1ccccc1NC(=O)[C@H]1CCCN1C(=O)Nc1ccc(C)cc1. The molecule has 1 fully saturated rings. The number of hydrogen-bond donors (Lipinski definition) is 2. The van der Waals surface area contributed by atoms with Gasteiger partial charge in [0.25, 0.3) is 0 Å². The summed E-state index contributed by atoms with van der Waals surface area (Å²) in [5.41, 5.74) is 3.79. The van der Waals surface area contributed by atoms with Gasteiger partial charge in [0.2, 0.25) is 5.91 Å². The van der Waals surface area contributed by atoms with E-state index in [2.05, 4.69) is 17.6 Å². The maximum atomic E-state index is 12.8. The van der Waals surface area contributed by atoms with Gasteiger partial charge in [0.1, 0.15) is 6.04 Å². The number of carbonyl (C=O) groups is 2. The standard InChI is InChI=1S/C21H25N3O2/c1-3-16-7-4-5-8-18(16)23-20(25)19-9-6-14-24(19)21(26)22-17-12-10-15(2)11-13-17/h4-5,7-8,10-13,19H,3,6,9,14H2,1-2H3,(H,22,26)(H,23,25)/t19-/m1/s1. The van der Waals surface area contributed by atoms with E-state index in [0.717, 1.165) is 35.3 Å². The highest BCUT2D eigenvalue weighted by molar-refractivity contribution is 6.00. The molecule has 1 saturated heterocycles. The van der Waals surface area contributed by atoms with E-state index in [9.17, 15) is 9.59 Å². The van der Waals surface area contributed by atoms with Crippen molar-refractivity contribution in [1.29, 1.82) is 0 Å². The zero-order chi connectivity index (χ0) is 18.5. The average molecular weight is 351 g/mol. The lowest BCUT2D eigenvalue weighted by Gasteiger charge is -2.24. The third kappa shape index (κ3) is 4.04. The van der Waals surface area contributed by atoms with Crippen LogP contribution in [0.3, 0.4) is 0 Å². The fourth-order valence-electron chi connectivity index (χ4n) is 3.28. The summed E-state index contributed by atoms with van der Waals surface area (Å²) in [5, 5.41) is 5.89. The molecule has 0 aromatic heterocycles. The second kappa shape index (κ2) is 8.04. The van der Waals surface area contributed by atoms with Crippen molar-refractivity contribution in [3.63, 3.8) is 0 Å². The number of aryl methyl sites for hydroxylation is 2. The van der Waals surface area contributed by atoms with Crippen molar-refractivity contribution in [2.45, 2.75) is 39.2 Å². The number of hydrogen-bond acceptors (Lipinski definition) is 2. The van der Waals surface area contributed by atoms with Crippen molar-refractivity contribution < 1.29 is 9.59 Å². The quantitative estimate of drug-likeness (QED) is 0.867. The number of nitrogens with zero attached hydrogens (tertiary/aromatic N) is 1. The number of nitrogens with one attached hydrogen (secondary N) is 2. The van der Waals surface area contributed by atoms with Crippen LogP contribution in [0.15, 0.2) is 48.5 Å². The molecule has 136 valence electrons. The summed E-state index contributed by atoms with van der Waals surface area (Å²) in [6.07, 6.45) is 2.36. The Labute approximate surface area is 154 Å². The van der Waals surface area contributed by atoms with Crippen molar-refractivity contribution in [2.24, 2.45) is 0 Å². The predicted octanol–water partition coefficient (Wildman–Crippen LogP) is 4.19. The van der Waals surface area contributed by atoms with Crippen LogP contribution in [0.5, 0.6) is 0 Å². The van der Waals surface area contributed by atoms with Crippen molar-refractivity contribution in [1.82, 2.24) is 4.90 Å². The molecule has 2 aromatic rings. The van der Waals surface area contributed by atoms with Crippen LogP contribution < -0.4 is 10.6 Å². The van der Waals surface area contributed by atoms with E-state index < -0.39 is 6.04 Å². The summed E-state index contributed by atoms with van der Waals surface area (Å²) in [4.78, 5) is 27.0. The molecule has 1 atom stereocenters. The Morgan fingerprint density at radius 1 is 1.08 bits per heavy atom. The van der Waals surface area contributed by atoms with E-state index in [-0.39, 0.29) is 11.9 Å². The number of carbonyl (C=O) groups excluding carboxylic acids is 2. The number of urea groups is 1. The Morgan fingerprint density at radius 2 is 1.81 bits per heavy atom. The highest BCUT2D eigenvalue weighted by Crippen LogP contribution is 2.22. The van der Waals surface area contributed by atoms with Crippen molar-refractivity contribution in [2.75, 3.05) is 17.2 Å². The molecule has 0 saturated carbocycles. The Hall–Kier alpha value is -2.82. The minimum atomic E-state index is -0.439. The Balaban J connectivity index is 1.67. The lowest BCUT2D eigenvalue weighted by atomic mass is 10.1. The van der Waals surface area contributed by atoms with Crippen molar-refractivity contribution >= 4 is 23.3 Å². The summed E-state index contributed by atoms with van der Waals surface area (Å²) in [5.74, 6) is -0.123. The van der Waals surface area contributed by atoms with E-state index >= 15 is 0 Å². The summed E-state index contributed by atoms with van der Waals surface area (Å²) >= 11 is 0. The van der Waals surface area contributed by atoms with Crippen LogP contribution >= 0.6 is 0 Å². The van der Waals surface area contributed by atoms with Gasteiger partial charge in [0.05, 0.1) is 0 Å². The van der Waals surface area contributed by atoms with Crippen LogP contribution in [0.1, 0.15) is 30.9 Å². The second-order valence-electron chi connectivity index (χ2n) is 6.65. The molecule has 1 aliphatic rings. The van der Waals surface area contributed by atoms with Crippen LogP contribution in [0.25, 0.3) is 0 Å². The minimum absolute atomic E-state index is 0.123.